The van der Waals surface area contributed by atoms with E-state index in [1.54, 1.807) is 12.0 Å². The summed E-state index contributed by atoms with van der Waals surface area (Å²) in [6, 6.07) is 12.1. The molecule has 0 atom stereocenters. The highest BCUT2D eigenvalue weighted by Gasteiger charge is 2.30. The molecule has 0 radical (unpaired) electrons. The molecule has 0 fully saturated rings. The van der Waals surface area contributed by atoms with Gasteiger partial charge in [0.2, 0.25) is 11.8 Å². The molecule has 0 aliphatic heterocycles. The lowest BCUT2D eigenvalue weighted by molar-refractivity contribution is -0.145. The molecular formula is C27H41N3O3. The first kappa shape index (κ1) is 26.5. The molecule has 0 saturated heterocycles. The van der Waals surface area contributed by atoms with Gasteiger partial charge in [0.1, 0.15) is 12.3 Å². The van der Waals surface area contributed by atoms with Crippen molar-refractivity contribution in [3.63, 3.8) is 0 Å². The van der Waals surface area contributed by atoms with E-state index in [-0.39, 0.29) is 29.9 Å². The molecule has 0 aliphatic carbocycles. The SMILES string of the molecule is CCCCC(=O)N(CC(=O)N(Cc1cccn1Cc1cccc(OC)c1)C(C)(C)C)C(C)C. The second-order valence-corrected chi connectivity index (χ2v) is 9.85. The van der Waals surface area contributed by atoms with Gasteiger partial charge >= 0.3 is 0 Å². The predicted octanol–water partition coefficient (Wildman–Crippen LogP) is 5.10. The summed E-state index contributed by atoms with van der Waals surface area (Å²) in [5, 5.41) is 0. The average molecular weight is 456 g/mol. The molecule has 2 amide bonds. The van der Waals surface area contributed by atoms with Gasteiger partial charge in [-0.15, -0.1) is 0 Å². The monoisotopic (exact) mass is 455 g/mol. The molecule has 33 heavy (non-hydrogen) atoms. The number of hydrogen-bond donors (Lipinski definition) is 0. The second-order valence-electron chi connectivity index (χ2n) is 9.85. The summed E-state index contributed by atoms with van der Waals surface area (Å²) in [5.74, 6) is 0.847. The van der Waals surface area contributed by atoms with Crippen molar-refractivity contribution in [1.29, 1.82) is 0 Å². The van der Waals surface area contributed by atoms with E-state index in [0.29, 0.717) is 19.5 Å². The van der Waals surface area contributed by atoms with Crippen molar-refractivity contribution in [2.24, 2.45) is 0 Å². The molecule has 1 heterocycles. The summed E-state index contributed by atoms with van der Waals surface area (Å²) in [5.41, 5.74) is 1.81. The van der Waals surface area contributed by atoms with Gasteiger partial charge in [0.05, 0.1) is 13.7 Å². The minimum Gasteiger partial charge on any atom is -0.497 e. The van der Waals surface area contributed by atoms with Crippen LogP contribution in [0.4, 0.5) is 0 Å². The molecule has 0 unspecified atom stereocenters. The molecule has 1 aromatic heterocycles. The third kappa shape index (κ3) is 7.65. The molecular weight excluding hydrogens is 414 g/mol. The third-order valence-corrected chi connectivity index (χ3v) is 5.84. The Morgan fingerprint density at radius 1 is 1.09 bits per heavy atom. The van der Waals surface area contributed by atoms with Crippen LogP contribution in [0.5, 0.6) is 5.75 Å². The van der Waals surface area contributed by atoms with Crippen molar-refractivity contribution in [3.05, 3.63) is 53.9 Å². The van der Waals surface area contributed by atoms with Gasteiger partial charge in [-0.1, -0.05) is 25.5 Å². The van der Waals surface area contributed by atoms with Crippen LogP contribution in [0.1, 0.15) is 72.1 Å². The Kier molecular flexibility index (Phi) is 9.56. The first-order valence-electron chi connectivity index (χ1n) is 11.9. The fourth-order valence-electron chi connectivity index (χ4n) is 3.84. The third-order valence-electron chi connectivity index (χ3n) is 5.84. The van der Waals surface area contributed by atoms with E-state index in [0.717, 1.165) is 29.8 Å². The highest BCUT2D eigenvalue weighted by molar-refractivity contribution is 5.85. The van der Waals surface area contributed by atoms with E-state index < -0.39 is 0 Å². The topological polar surface area (TPSA) is 54.8 Å². The zero-order valence-electron chi connectivity index (χ0n) is 21.4. The Morgan fingerprint density at radius 3 is 2.42 bits per heavy atom. The van der Waals surface area contributed by atoms with Gasteiger partial charge in [0, 0.05) is 36.4 Å². The fraction of sp³-hybridized carbons (Fsp3) is 0.556. The summed E-state index contributed by atoms with van der Waals surface area (Å²) < 4.78 is 7.51. The summed E-state index contributed by atoms with van der Waals surface area (Å²) >= 11 is 0. The molecule has 2 aromatic rings. The minimum atomic E-state index is -0.378. The number of hydrogen-bond acceptors (Lipinski definition) is 3. The van der Waals surface area contributed by atoms with Crippen molar-refractivity contribution in [3.8, 4) is 5.75 Å². The second kappa shape index (κ2) is 11.9. The van der Waals surface area contributed by atoms with Gasteiger partial charge in [-0.3, -0.25) is 9.59 Å². The largest absolute Gasteiger partial charge is 0.497 e. The molecule has 0 aliphatic rings. The molecule has 6 nitrogen and oxygen atoms in total. The van der Waals surface area contributed by atoms with Gasteiger partial charge in [0.15, 0.2) is 0 Å². The Morgan fingerprint density at radius 2 is 1.82 bits per heavy atom. The lowest BCUT2D eigenvalue weighted by atomic mass is 10.0. The van der Waals surface area contributed by atoms with Crippen LogP contribution in [0.15, 0.2) is 42.6 Å². The van der Waals surface area contributed by atoms with Crippen LogP contribution in [-0.2, 0) is 22.7 Å². The molecule has 1 aromatic carbocycles. The molecule has 0 spiro atoms. The van der Waals surface area contributed by atoms with Crippen LogP contribution in [0.3, 0.4) is 0 Å². The van der Waals surface area contributed by atoms with Crippen LogP contribution >= 0.6 is 0 Å². The zero-order valence-corrected chi connectivity index (χ0v) is 21.4. The number of unbranched alkanes of at least 4 members (excludes halogenated alkanes) is 1. The van der Waals surface area contributed by atoms with Gasteiger partial charge in [-0.05, 0) is 70.9 Å². The summed E-state index contributed by atoms with van der Waals surface area (Å²) in [4.78, 5) is 29.8. The molecule has 0 saturated carbocycles. The normalized spacial score (nSPS) is 11.5. The zero-order chi connectivity index (χ0) is 24.6. The van der Waals surface area contributed by atoms with E-state index in [1.807, 2.05) is 70.0 Å². The maximum Gasteiger partial charge on any atom is 0.242 e. The van der Waals surface area contributed by atoms with Crippen LogP contribution in [-0.4, -0.2) is 51.4 Å². The number of rotatable bonds is 11. The smallest absolute Gasteiger partial charge is 0.242 e. The van der Waals surface area contributed by atoms with Crippen molar-refractivity contribution in [2.45, 2.75) is 85.5 Å². The van der Waals surface area contributed by atoms with Crippen molar-refractivity contribution >= 4 is 11.8 Å². The maximum atomic E-state index is 13.5. The number of aromatic nitrogens is 1. The number of carbonyl (C=O) groups excluding carboxylic acids is 2. The Bertz CT molecular complexity index is 911. The van der Waals surface area contributed by atoms with E-state index >= 15 is 0 Å². The van der Waals surface area contributed by atoms with Crippen molar-refractivity contribution < 1.29 is 14.3 Å². The van der Waals surface area contributed by atoms with Crippen LogP contribution < -0.4 is 4.74 Å². The van der Waals surface area contributed by atoms with Crippen molar-refractivity contribution in [1.82, 2.24) is 14.4 Å². The van der Waals surface area contributed by atoms with E-state index in [1.165, 1.54) is 0 Å². The first-order chi connectivity index (χ1) is 15.6. The fourth-order valence-corrected chi connectivity index (χ4v) is 3.84. The number of amides is 2. The lowest BCUT2D eigenvalue weighted by Gasteiger charge is -2.38. The summed E-state index contributed by atoms with van der Waals surface area (Å²) in [6.45, 7) is 13.4. The number of carbonyl (C=O) groups is 2. The first-order valence-corrected chi connectivity index (χ1v) is 11.9. The van der Waals surface area contributed by atoms with Crippen molar-refractivity contribution in [2.75, 3.05) is 13.7 Å². The summed E-state index contributed by atoms with van der Waals surface area (Å²) in [6.07, 6.45) is 4.33. The number of methoxy groups -OCH3 is 1. The number of nitrogens with zero attached hydrogens (tertiary/aromatic N) is 3. The van der Waals surface area contributed by atoms with Gasteiger partial charge in [0.25, 0.3) is 0 Å². The average Bonchev–Trinajstić information content (AvgIpc) is 3.19. The van der Waals surface area contributed by atoms with E-state index in [2.05, 4.69) is 23.6 Å². The highest BCUT2D eigenvalue weighted by atomic mass is 16.5. The van der Waals surface area contributed by atoms with Gasteiger partial charge in [-0.25, -0.2) is 0 Å². The number of ether oxygens (including phenoxy) is 1. The predicted molar refractivity (Wildman–Crippen MR) is 133 cm³/mol. The Balaban J connectivity index is 2.20. The van der Waals surface area contributed by atoms with Gasteiger partial charge < -0.3 is 19.1 Å². The molecule has 182 valence electrons. The number of benzene rings is 1. The van der Waals surface area contributed by atoms with Crippen LogP contribution in [0, 0.1) is 0 Å². The van der Waals surface area contributed by atoms with Crippen LogP contribution in [0.25, 0.3) is 0 Å². The maximum absolute atomic E-state index is 13.5. The van der Waals surface area contributed by atoms with Gasteiger partial charge in [-0.2, -0.15) is 0 Å². The summed E-state index contributed by atoms with van der Waals surface area (Å²) in [7, 11) is 1.67. The molecule has 0 N–H and O–H groups in total. The standard InChI is InChI=1S/C27H41N3O3/c1-8-9-15-25(31)29(21(2)3)20-26(32)30(27(4,5)6)19-23-13-11-16-28(23)18-22-12-10-14-24(17-22)33-7/h10-14,16-17,21H,8-9,15,18-20H2,1-7H3. The van der Waals surface area contributed by atoms with E-state index in [9.17, 15) is 9.59 Å². The minimum absolute atomic E-state index is 0.0166. The Labute approximate surface area is 199 Å². The highest BCUT2D eigenvalue weighted by Crippen LogP contribution is 2.21. The lowest BCUT2D eigenvalue weighted by Crippen LogP contribution is -2.51. The quantitative estimate of drug-likeness (QED) is 0.474. The molecule has 2 rings (SSSR count). The Hall–Kier alpha value is -2.76. The molecule has 6 heteroatoms. The molecule has 0 bridgehead atoms. The van der Waals surface area contributed by atoms with E-state index in [4.69, 9.17) is 4.74 Å². The van der Waals surface area contributed by atoms with Crippen LogP contribution in [0.2, 0.25) is 0 Å².